The van der Waals surface area contributed by atoms with Crippen molar-refractivity contribution in [2.24, 2.45) is 5.92 Å². The zero-order valence-corrected chi connectivity index (χ0v) is 13.2. The average Bonchev–Trinajstić information content (AvgIpc) is 2.55. The van der Waals surface area contributed by atoms with Crippen LogP contribution in [0.25, 0.3) is 0 Å². The van der Waals surface area contributed by atoms with E-state index in [2.05, 4.69) is 45.0 Å². The van der Waals surface area contributed by atoms with Gasteiger partial charge in [0.15, 0.2) is 11.6 Å². The number of nitrogens with two attached hydrogens (primary N) is 1. The lowest BCUT2D eigenvalue weighted by Crippen LogP contribution is -2.30. The highest BCUT2D eigenvalue weighted by Gasteiger charge is 2.10. The first-order chi connectivity index (χ1) is 11.1. The van der Waals surface area contributed by atoms with Crippen LogP contribution in [0.15, 0.2) is 30.9 Å². The van der Waals surface area contributed by atoms with E-state index in [9.17, 15) is 4.79 Å². The number of rotatable bonds is 7. The molecule has 0 bridgehead atoms. The van der Waals surface area contributed by atoms with Crippen LogP contribution < -0.4 is 21.9 Å². The predicted octanol–water partition coefficient (Wildman–Crippen LogP) is 1.67. The molecule has 0 saturated heterocycles. The van der Waals surface area contributed by atoms with Crippen molar-refractivity contribution in [1.29, 1.82) is 0 Å². The first-order valence-electron chi connectivity index (χ1n) is 7.38. The minimum Gasteiger partial charge on any atom is -0.393 e. The summed E-state index contributed by atoms with van der Waals surface area (Å²) in [6, 6.07) is 3.22. The lowest BCUT2D eigenvalue weighted by atomic mass is 10.1. The number of hydrogen-bond acceptors (Lipinski definition) is 7. The molecule has 8 heteroatoms. The van der Waals surface area contributed by atoms with Crippen molar-refractivity contribution in [3.8, 4) is 0 Å². The van der Waals surface area contributed by atoms with Crippen LogP contribution in [0.1, 0.15) is 30.6 Å². The number of nitrogens with one attached hydrogen (secondary N) is 3. The normalized spacial score (nSPS) is 10.4. The number of carbonyl (C=O) groups excluding carboxylic acids is 1. The number of amides is 1. The molecule has 23 heavy (non-hydrogen) atoms. The summed E-state index contributed by atoms with van der Waals surface area (Å²) in [5.74, 6) is 1.17. The predicted molar refractivity (Wildman–Crippen MR) is 89.7 cm³/mol. The summed E-state index contributed by atoms with van der Waals surface area (Å²) < 4.78 is 0. The number of hydrogen-bond donors (Lipinski definition) is 4. The molecule has 0 aliphatic heterocycles. The van der Waals surface area contributed by atoms with Gasteiger partial charge in [-0.05, 0) is 24.5 Å². The Morgan fingerprint density at radius 1 is 1.22 bits per heavy atom. The monoisotopic (exact) mass is 315 g/mol. The second-order valence-electron chi connectivity index (χ2n) is 5.41. The summed E-state index contributed by atoms with van der Waals surface area (Å²) in [5.41, 5.74) is 12.1. The van der Waals surface area contributed by atoms with Crippen LogP contribution in [0, 0.1) is 5.92 Å². The number of hydrazine groups is 1. The number of nitrogen functional groups attached to an aromatic ring is 1. The fraction of sp³-hybridized carbons (Fsp3) is 0.333. The molecule has 8 nitrogen and oxygen atoms in total. The molecule has 0 atom stereocenters. The molecule has 0 radical (unpaired) electrons. The maximum atomic E-state index is 12.0. The average molecular weight is 315 g/mol. The van der Waals surface area contributed by atoms with E-state index in [1.54, 1.807) is 24.5 Å². The molecule has 0 aliphatic carbocycles. The van der Waals surface area contributed by atoms with Crippen molar-refractivity contribution in [2.45, 2.75) is 20.3 Å². The summed E-state index contributed by atoms with van der Waals surface area (Å²) in [6.45, 7) is 5.06. The van der Waals surface area contributed by atoms with Gasteiger partial charge in [-0.3, -0.25) is 20.6 Å². The highest BCUT2D eigenvalue weighted by atomic mass is 16.2. The molecule has 2 aromatic heterocycles. The Morgan fingerprint density at radius 3 is 2.61 bits per heavy atom. The van der Waals surface area contributed by atoms with Gasteiger partial charge in [0.2, 0.25) is 0 Å². The van der Waals surface area contributed by atoms with E-state index in [0.29, 0.717) is 28.8 Å². The van der Waals surface area contributed by atoms with E-state index in [0.717, 1.165) is 13.0 Å². The molecule has 0 spiro atoms. The third kappa shape index (κ3) is 4.80. The molecule has 2 heterocycles. The first kappa shape index (κ1) is 16.5. The van der Waals surface area contributed by atoms with Crippen molar-refractivity contribution in [1.82, 2.24) is 20.4 Å². The third-order valence-corrected chi connectivity index (χ3v) is 3.13. The molecule has 5 N–H and O–H groups in total. The van der Waals surface area contributed by atoms with Gasteiger partial charge in [0.1, 0.15) is 12.0 Å². The zero-order chi connectivity index (χ0) is 16.7. The van der Waals surface area contributed by atoms with Gasteiger partial charge in [-0.2, -0.15) is 0 Å². The lowest BCUT2D eigenvalue weighted by Gasteiger charge is -2.13. The fourth-order valence-corrected chi connectivity index (χ4v) is 1.81. The Hall–Kier alpha value is -2.90. The van der Waals surface area contributed by atoms with Crippen molar-refractivity contribution in [3.05, 3.63) is 36.4 Å². The topological polar surface area (TPSA) is 118 Å². The number of nitrogens with zero attached hydrogens (tertiary/aromatic N) is 3. The molecule has 1 amide bonds. The molecular formula is C15H21N7O. The minimum absolute atomic E-state index is 0.306. The summed E-state index contributed by atoms with van der Waals surface area (Å²) in [5, 5.41) is 3.17. The largest absolute Gasteiger partial charge is 0.393 e. The van der Waals surface area contributed by atoms with E-state index in [1.165, 1.54) is 6.33 Å². The maximum absolute atomic E-state index is 12.0. The summed E-state index contributed by atoms with van der Waals surface area (Å²) in [7, 11) is 0. The second-order valence-corrected chi connectivity index (χ2v) is 5.41. The molecule has 0 aromatic carbocycles. The van der Waals surface area contributed by atoms with Gasteiger partial charge in [0.05, 0.1) is 0 Å². The molecule has 0 fully saturated rings. The highest BCUT2D eigenvalue weighted by molar-refractivity contribution is 5.95. The standard InChI is InChI=1S/C15H21N7O/c1-10(2)3-8-18-13-12(16)14(20-9-19-13)21-22-15(23)11-4-6-17-7-5-11/h4-7,9-10H,3,8,16H2,1-2H3,(H,22,23)(H2,18,19,20,21). The van der Waals surface area contributed by atoms with Crippen LogP contribution in [0.5, 0.6) is 0 Å². The summed E-state index contributed by atoms with van der Waals surface area (Å²) in [4.78, 5) is 24.0. The summed E-state index contributed by atoms with van der Waals surface area (Å²) >= 11 is 0. The summed E-state index contributed by atoms with van der Waals surface area (Å²) in [6.07, 6.45) is 5.48. The van der Waals surface area contributed by atoms with Crippen molar-refractivity contribution in [2.75, 3.05) is 23.0 Å². The molecule has 2 rings (SSSR count). The lowest BCUT2D eigenvalue weighted by molar-refractivity contribution is 0.0962. The van der Waals surface area contributed by atoms with E-state index < -0.39 is 0 Å². The van der Waals surface area contributed by atoms with Gasteiger partial charge in [0.25, 0.3) is 5.91 Å². The Kier molecular flexibility index (Phi) is 5.67. The molecule has 122 valence electrons. The van der Waals surface area contributed by atoms with E-state index >= 15 is 0 Å². The van der Waals surface area contributed by atoms with Gasteiger partial charge in [-0.15, -0.1) is 0 Å². The molecular weight excluding hydrogens is 294 g/mol. The van der Waals surface area contributed by atoms with Crippen molar-refractivity contribution < 1.29 is 4.79 Å². The van der Waals surface area contributed by atoms with Crippen molar-refractivity contribution in [3.63, 3.8) is 0 Å². The Balaban J connectivity index is 1.96. The van der Waals surface area contributed by atoms with Gasteiger partial charge < -0.3 is 11.1 Å². The Labute approximate surface area is 134 Å². The van der Waals surface area contributed by atoms with Crippen LogP contribution in [0.2, 0.25) is 0 Å². The van der Waals surface area contributed by atoms with Gasteiger partial charge in [-0.1, -0.05) is 13.8 Å². The number of pyridine rings is 1. The maximum Gasteiger partial charge on any atom is 0.269 e. The van der Waals surface area contributed by atoms with Crippen LogP contribution in [0.3, 0.4) is 0 Å². The molecule has 0 saturated carbocycles. The molecule has 0 aliphatic rings. The van der Waals surface area contributed by atoms with E-state index in [-0.39, 0.29) is 5.91 Å². The van der Waals surface area contributed by atoms with Gasteiger partial charge in [0, 0.05) is 24.5 Å². The highest BCUT2D eigenvalue weighted by Crippen LogP contribution is 2.21. The Bertz CT molecular complexity index is 646. The number of aromatic nitrogens is 3. The van der Waals surface area contributed by atoms with E-state index in [1.807, 2.05) is 0 Å². The third-order valence-electron chi connectivity index (χ3n) is 3.13. The van der Waals surface area contributed by atoms with Crippen LogP contribution in [0.4, 0.5) is 17.3 Å². The quantitative estimate of drug-likeness (QED) is 0.574. The zero-order valence-electron chi connectivity index (χ0n) is 13.2. The number of anilines is 3. The fourth-order valence-electron chi connectivity index (χ4n) is 1.81. The van der Waals surface area contributed by atoms with Crippen LogP contribution in [-0.4, -0.2) is 27.4 Å². The SMILES string of the molecule is CC(C)CCNc1ncnc(NNC(=O)c2ccncc2)c1N. The smallest absolute Gasteiger partial charge is 0.269 e. The number of carbonyl (C=O) groups is 1. The second kappa shape index (κ2) is 7.92. The molecule has 2 aromatic rings. The van der Waals surface area contributed by atoms with Gasteiger partial charge >= 0.3 is 0 Å². The molecule has 0 unspecified atom stereocenters. The van der Waals surface area contributed by atoms with E-state index in [4.69, 9.17) is 5.73 Å². The Morgan fingerprint density at radius 2 is 1.91 bits per heavy atom. The van der Waals surface area contributed by atoms with Crippen LogP contribution in [-0.2, 0) is 0 Å². The minimum atomic E-state index is -0.306. The van der Waals surface area contributed by atoms with Crippen molar-refractivity contribution >= 4 is 23.2 Å². The van der Waals surface area contributed by atoms with Crippen LogP contribution >= 0.6 is 0 Å². The first-order valence-corrected chi connectivity index (χ1v) is 7.38. The van der Waals surface area contributed by atoms with Gasteiger partial charge in [-0.25, -0.2) is 9.97 Å².